The van der Waals surface area contributed by atoms with E-state index in [9.17, 15) is 0 Å². The van der Waals surface area contributed by atoms with Crippen molar-refractivity contribution in [2.75, 3.05) is 13.2 Å². The van der Waals surface area contributed by atoms with Crippen molar-refractivity contribution in [3.8, 4) is 0 Å². The average molecular weight is 414 g/mol. The predicted molar refractivity (Wildman–Crippen MR) is 126 cm³/mol. The summed E-state index contributed by atoms with van der Waals surface area (Å²) in [6.45, 7) is 8.16. The van der Waals surface area contributed by atoms with Gasteiger partial charge in [-0.15, -0.1) is 0 Å². The second-order valence-electron chi connectivity index (χ2n) is 8.26. The monoisotopic (exact) mass is 413 g/mol. The van der Waals surface area contributed by atoms with Crippen molar-refractivity contribution < 1.29 is 4.74 Å². The maximum absolute atomic E-state index is 9.10. The molecule has 0 unspecified atom stereocenters. The van der Waals surface area contributed by atoms with Crippen LogP contribution in [-0.2, 0) is 17.7 Å². The number of aromatic nitrogens is 2. The molecule has 4 heteroatoms. The van der Waals surface area contributed by atoms with Gasteiger partial charge in [-0.1, -0.05) is 71.8 Å². The highest BCUT2D eigenvalue weighted by atomic mass is 16.5. The van der Waals surface area contributed by atoms with Crippen molar-refractivity contribution in [3.05, 3.63) is 101 Å². The first-order chi connectivity index (χ1) is 15.1. The summed E-state index contributed by atoms with van der Waals surface area (Å²) in [5, 5.41) is 9.10. The van der Waals surface area contributed by atoms with Gasteiger partial charge in [0.25, 0.3) is 0 Å². The highest BCUT2D eigenvalue weighted by molar-refractivity contribution is 5.76. The number of ether oxygens (including phenoxy) is 1. The van der Waals surface area contributed by atoms with E-state index in [-0.39, 0.29) is 6.04 Å². The van der Waals surface area contributed by atoms with E-state index >= 15 is 0 Å². The van der Waals surface area contributed by atoms with E-state index in [1.165, 1.54) is 22.3 Å². The van der Waals surface area contributed by atoms with Crippen LogP contribution in [0.1, 0.15) is 35.2 Å². The Morgan fingerprint density at radius 3 is 2.00 bits per heavy atom. The van der Waals surface area contributed by atoms with E-state index in [0.717, 1.165) is 17.5 Å². The van der Waals surface area contributed by atoms with Gasteiger partial charge in [-0.25, -0.2) is 0 Å². The number of hydrogen-bond acceptors (Lipinski definition) is 2. The van der Waals surface area contributed by atoms with Crippen molar-refractivity contribution in [1.29, 1.82) is 5.41 Å². The fraction of sp³-hybridized carbons (Fsp3) is 0.296. The molecule has 1 aromatic heterocycles. The Morgan fingerprint density at radius 2 is 1.39 bits per heavy atom. The number of hydrogen-bond donors (Lipinski definition) is 1. The number of aryl methyl sites for hydroxylation is 2. The summed E-state index contributed by atoms with van der Waals surface area (Å²) in [5.74, 6) is 0. The van der Waals surface area contributed by atoms with Gasteiger partial charge in [-0.3, -0.25) is 5.41 Å². The van der Waals surface area contributed by atoms with Crippen LogP contribution in [0.2, 0.25) is 0 Å². The molecular weight excluding hydrogens is 382 g/mol. The van der Waals surface area contributed by atoms with Crippen molar-refractivity contribution in [3.63, 3.8) is 0 Å². The molecule has 1 heterocycles. The average Bonchev–Trinajstić information content (AvgIpc) is 3.05. The van der Waals surface area contributed by atoms with E-state index in [1.807, 2.05) is 6.92 Å². The largest absolute Gasteiger partial charge is 0.380 e. The van der Waals surface area contributed by atoms with E-state index in [1.54, 1.807) is 0 Å². The molecule has 0 radical (unpaired) electrons. The molecule has 4 rings (SSSR count). The third kappa shape index (κ3) is 4.64. The van der Waals surface area contributed by atoms with Gasteiger partial charge >= 0.3 is 0 Å². The Balaban J connectivity index is 1.78. The van der Waals surface area contributed by atoms with Gasteiger partial charge in [-0.05, 0) is 50.5 Å². The topological polar surface area (TPSA) is 42.9 Å². The van der Waals surface area contributed by atoms with Crippen LogP contribution in [-0.4, -0.2) is 22.3 Å². The molecule has 0 aliphatic rings. The maximum Gasteiger partial charge on any atom is 0.203 e. The number of rotatable bonds is 8. The lowest BCUT2D eigenvalue weighted by atomic mass is 10.0. The summed E-state index contributed by atoms with van der Waals surface area (Å²) in [5.41, 5.74) is 7.64. The summed E-state index contributed by atoms with van der Waals surface area (Å²) < 4.78 is 10.1. The minimum Gasteiger partial charge on any atom is -0.380 e. The number of benzene rings is 3. The zero-order valence-corrected chi connectivity index (χ0v) is 18.6. The second-order valence-corrected chi connectivity index (χ2v) is 8.26. The Hall–Kier alpha value is -3.11. The summed E-state index contributed by atoms with van der Waals surface area (Å²) in [7, 11) is 0. The quantitative estimate of drug-likeness (QED) is 0.412. The van der Waals surface area contributed by atoms with E-state index in [2.05, 4.69) is 95.8 Å². The van der Waals surface area contributed by atoms with Crippen LogP contribution < -0.4 is 5.62 Å². The third-order valence-corrected chi connectivity index (χ3v) is 5.85. The Morgan fingerprint density at radius 1 is 0.806 bits per heavy atom. The molecule has 0 bridgehead atoms. The summed E-state index contributed by atoms with van der Waals surface area (Å²) in [4.78, 5) is 0. The van der Waals surface area contributed by atoms with Gasteiger partial charge in [0.1, 0.15) is 0 Å². The Labute approximate surface area is 184 Å². The van der Waals surface area contributed by atoms with E-state index in [0.29, 0.717) is 25.4 Å². The zero-order valence-electron chi connectivity index (χ0n) is 18.6. The van der Waals surface area contributed by atoms with E-state index in [4.69, 9.17) is 10.1 Å². The minimum atomic E-state index is 0.0549. The molecule has 0 saturated carbocycles. The lowest BCUT2D eigenvalue weighted by Gasteiger charge is -2.20. The highest BCUT2D eigenvalue weighted by Crippen LogP contribution is 2.22. The van der Waals surface area contributed by atoms with Crippen molar-refractivity contribution in [2.24, 2.45) is 0 Å². The normalized spacial score (nSPS) is 12.4. The second kappa shape index (κ2) is 9.36. The van der Waals surface area contributed by atoms with Gasteiger partial charge in [-0.2, -0.15) is 0 Å². The molecule has 31 heavy (non-hydrogen) atoms. The predicted octanol–water partition coefficient (Wildman–Crippen LogP) is 5.41. The van der Waals surface area contributed by atoms with Gasteiger partial charge in [0.2, 0.25) is 5.62 Å². The maximum atomic E-state index is 9.10. The zero-order chi connectivity index (χ0) is 21.8. The van der Waals surface area contributed by atoms with Crippen molar-refractivity contribution >= 4 is 11.0 Å². The number of imidazole rings is 1. The first-order valence-corrected chi connectivity index (χ1v) is 11.0. The molecule has 0 aliphatic heterocycles. The van der Waals surface area contributed by atoms with Crippen molar-refractivity contribution in [2.45, 2.75) is 39.8 Å². The molecule has 4 aromatic rings. The Bertz CT molecular complexity index is 1200. The highest BCUT2D eigenvalue weighted by Gasteiger charge is 2.19. The number of fused-ring (bicyclic) bond motifs is 1. The van der Waals surface area contributed by atoms with Gasteiger partial charge in [0.15, 0.2) is 0 Å². The smallest absolute Gasteiger partial charge is 0.203 e. The van der Waals surface area contributed by atoms with Crippen LogP contribution in [0.3, 0.4) is 0 Å². The van der Waals surface area contributed by atoms with Crippen LogP contribution in [0.5, 0.6) is 0 Å². The van der Waals surface area contributed by atoms with Crippen LogP contribution in [0.25, 0.3) is 11.0 Å². The molecule has 1 atom stereocenters. The first kappa shape index (κ1) is 21.1. The first-order valence-electron chi connectivity index (χ1n) is 11.0. The SMILES string of the molecule is CCOC[C@H](Cc1ccc(C)cc1)n1c(=N)n(Cc2ccc(C)cc2)c2ccccc21. The third-order valence-electron chi connectivity index (χ3n) is 5.85. The van der Waals surface area contributed by atoms with Crippen LogP contribution in [0.4, 0.5) is 0 Å². The number of nitrogens with zero attached hydrogens (tertiary/aromatic N) is 2. The van der Waals surface area contributed by atoms with Crippen LogP contribution in [0, 0.1) is 19.3 Å². The molecule has 0 spiro atoms. The summed E-state index contributed by atoms with van der Waals surface area (Å²) >= 11 is 0. The molecule has 4 nitrogen and oxygen atoms in total. The number of para-hydroxylation sites is 2. The van der Waals surface area contributed by atoms with Gasteiger partial charge < -0.3 is 13.9 Å². The number of nitrogens with one attached hydrogen (secondary N) is 1. The molecule has 160 valence electrons. The van der Waals surface area contributed by atoms with E-state index < -0.39 is 0 Å². The van der Waals surface area contributed by atoms with Crippen LogP contribution in [0.15, 0.2) is 72.8 Å². The molecule has 0 amide bonds. The molecule has 1 N–H and O–H groups in total. The molecule has 0 fully saturated rings. The van der Waals surface area contributed by atoms with Crippen LogP contribution >= 0.6 is 0 Å². The summed E-state index contributed by atoms with van der Waals surface area (Å²) in [6, 6.07) is 25.6. The lowest BCUT2D eigenvalue weighted by molar-refractivity contribution is 0.112. The van der Waals surface area contributed by atoms with Crippen molar-refractivity contribution in [1.82, 2.24) is 9.13 Å². The summed E-state index contributed by atoms with van der Waals surface area (Å²) in [6.07, 6.45) is 0.829. The fourth-order valence-corrected chi connectivity index (χ4v) is 4.13. The molecule has 0 saturated heterocycles. The Kier molecular flexibility index (Phi) is 6.38. The minimum absolute atomic E-state index is 0.0549. The molecule has 3 aromatic carbocycles. The van der Waals surface area contributed by atoms with Gasteiger partial charge in [0, 0.05) is 6.61 Å². The molecule has 0 aliphatic carbocycles. The molecular formula is C27H31N3O. The lowest BCUT2D eigenvalue weighted by Crippen LogP contribution is -2.31. The van der Waals surface area contributed by atoms with Gasteiger partial charge in [0.05, 0.1) is 30.2 Å². The standard InChI is InChI=1S/C27H31N3O/c1-4-31-19-24(17-22-13-9-20(2)10-14-22)30-26-8-6-5-7-25(26)29(27(30)28)18-23-15-11-21(3)12-16-23/h5-16,24,28H,4,17-19H2,1-3H3/t24-/m0/s1. The fourth-order valence-electron chi connectivity index (χ4n) is 4.13.